The largest absolute Gasteiger partial charge is 0.465 e. The second-order valence-corrected chi connectivity index (χ2v) is 5.85. The van der Waals surface area contributed by atoms with Crippen LogP contribution in [-0.2, 0) is 16.1 Å². The first kappa shape index (κ1) is 15.9. The number of hydrogen-bond acceptors (Lipinski definition) is 6. The fourth-order valence-electron chi connectivity index (χ4n) is 2.19. The van der Waals surface area contributed by atoms with Crippen molar-refractivity contribution in [1.82, 2.24) is 9.55 Å². The Morgan fingerprint density at radius 1 is 1.33 bits per heavy atom. The fraction of sp³-hybridized carbons (Fsp3) is 0.125. The topological polar surface area (TPSA) is 90.3 Å². The van der Waals surface area contributed by atoms with Crippen LogP contribution in [0.2, 0.25) is 0 Å². The van der Waals surface area contributed by atoms with E-state index in [1.165, 1.54) is 35.4 Å². The van der Waals surface area contributed by atoms with Crippen molar-refractivity contribution in [2.75, 3.05) is 12.4 Å². The Kier molecular flexibility index (Phi) is 4.39. The third-order valence-corrected chi connectivity index (χ3v) is 4.21. The molecule has 2 heterocycles. The van der Waals surface area contributed by atoms with Crippen molar-refractivity contribution in [3.05, 3.63) is 58.0 Å². The van der Waals surface area contributed by atoms with Gasteiger partial charge in [0.25, 0.3) is 5.56 Å². The molecule has 122 valence electrons. The van der Waals surface area contributed by atoms with E-state index in [0.717, 1.165) is 0 Å². The molecule has 0 radical (unpaired) electrons. The van der Waals surface area contributed by atoms with Gasteiger partial charge in [-0.05, 0) is 29.6 Å². The lowest BCUT2D eigenvalue weighted by Gasteiger charge is -2.08. The van der Waals surface area contributed by atoms with Gasteiger partial charge in [0.05, 0.1) is 24.5 Å². The molecule has 2 aromatic heterocycles. The van der Waals surface area contributed by atoms with Crippen LogP contribution in [0.5, 0.6) is 0 Å². The summed E-state index contributed by atoms with van der Waals surface area (Å²) in [5.74, 6) is -0.883. The molecule has 0 aliphatic carbocycles. The highest BCUT2D eigenvalue weighted by Crippen LogP contribution is 2.14. The standard InChI is InChI=1S/C16H13N3O4S/c1-23-16(22)10-3-2-4-11(7-10)18-13(20)8-19-9-17-12-5-6-24-14(12)15(19)21/h2-7,9H,8H2,1H3,(H,18,20). The van der Waals surface area contributed by atoms with Gasteiger partial charge in [-0.15, -0.1) is 11.3 Å². The molecule has 1 aromatic carbocycles. The van der Waals surface area contributed by atoms with Crippen LogP contribution in [0, 0.1) is 0 Å². The van der Waals surface area contributed by atoms with Gasteiger partial charge in [0.2, 0.25) is 5.91 Å². The molecule has 7 nitrogen and oxygen atoms in total. The smallest absolute Gasteiger partial charge is 0.337 e. The van der Waals surface area contributed by atoms with E-state index in [-0.39, 0.29) is 12.1 Å². The number of nitrogens with one attached hydrogen (secondary N) is 1. The molecule has 0 bridgehead atoms. The zero-order valence-electron chi connectivity index (χ0n) is 12.7. The van der Waals surface area contributed by atoms with Crippen LogP contribution in [0.1, 0.15) is 10.4 Å². The van der Waals surface area contributed by atoms with Crippen LogP contribution in [0.15, 0.2) is 46.8 Å². The Bertz CT molecular complexity index is 977. The van der Waals surface area contributed by atoms with Crippen molar-refractivity contribution in [2.24, 2.45) is 0 Å². The van der Waals surface area contributed by atoms with Gasteiger partial charge in [-0.1, -0.05) is 6.07 Å². The molecule has 0 saturated carbocycles. The average Bonchev–Trinajstić information content (AvgIpc) is 3.06. The summed E-state index contributed by atoms with van der Waals surface area (Å²) in [6.07, 6.45) is 1.35. The second kappa shape index (κ2) is 6.63. The maximum atomic E-state index is 12.3. The van der Waals surface area contributed by atoms with Gasteiger partial charge in [0, 0.05) is 5.69 Å². The highest BCUT2D eigenvalue weighted by Gasteiger charge is 2.11. The van der Waals surface area contributed by atoms with Crippen molar-refractivity contribution in [1.29, 1.82) is 0 Å². The fourth-order valence-corrected chi connectivity index (χ4v) is 2.98. The Balaban J connectivity index is 1.76. The number of carbonyl (C=O) groups is 2. The summed E-state index contributed by atoms with van der Waals surface area (Å²) in [4.78, 5) is 40.0. The lowest BCUT2D eigenvalue weighted by Crippen LogP contribution is -2.27. The van der Waals surface area contributed by atoms with E-state index >= 15 is 0 Å². The predicted octanol–water partition coefficient (Wildman–Crippen LogP) is 1.88. The molecule has 0 saturated heterocycles. The maximum absolute atomic E-state index is 12.3. The van der Waals surface area contributed by atoms with Gasteiger partial charge in [0.15, 0.2) is 0 Å². The minimum atomic E-state index is -0.491. The third kappa shape index (κ3) is 3.18. The molecule has 0 spiro atoms. The van der Waals surface area contributed by atoms with Gasteiger partial charge in [-0.25, -0.2) is 9.78 Å². The maximum Gasteiger partial charge on any atom is 0.337 e. The summed E-state index contributed by atoms with van der Waals surface area (Å²) < 4.78 is 6.40. The summed E-state index contributed by atoms with van der Waals surface area (Å²) in [7, 11) is 1.29. The van der Waals surface area contributed by atoms with Gasteiger partial charge in [-0.2, -0.15) is 0 Å². The van der Waals surface area contributed by atoms with E-state index < -0.39 is 11.9 Å². The number of benzene rings is 1. The Hall–Kier alpha value is -3.00. The van der Waals surface area contributed by atoms with E-state index in [0.29, 0.717) is 21.5 Å². The summed E-state index contributed by atoms with van der Waals surface area (Å²) in [5.41, 5.74) is 1.14. The van der Waals surface area contributed by atoms with E-state index in [2.05, 4.69) is 15.0 Å². The first-order chi connectivity index (χ1) is 11.6. The number of ether oxygens (including phenoxy) is 1. The van der Waals surface area contributed by atoms with Crippen LogP contribution >= 0.6 is 11.3 Å². The zero-order valence-corrected chi connectivity index (χ0v) is 13.5. The van der Waals surface area contributed by atoms with Gasteiger partial charge in [-0.3, -0.25) is 14.2 Å². The highest BCUT2D eigenvalue weighted by molar-refractivity contribution is 7.17. The number of fused-ring (bicyclic) bond motifs is 1. The van der Waals surface area contributed by atoms with Gasteiger partial charge < -0.3 is 10.1 Å². The number of amides is 1. The van der Waals surface area contributed by atoms with Crippen molar-refractivity contribution >= 4 is 39.1 Å². The van der Waals surface area contributed by atoms with Crippen molar-refractivity contribution in [2.45, 2.75) is 6.54 Å². The van der Waals surface area contributed by atoms with Crippen LogP contribution in [-0.4, -0.2) is 28.5 Å². The molecular weight excluding hydrogens is 330 g/mol. The molecule has 1 amide bonds. The first-order valence-corrected chi connectivity index (χ1v) is 7.87. The van der Waals surface area contributed by atoms with E-state index in [9.17, 15) is 14.4 Å². The normalized spacial score (nSPS) is 10.5. The minimum Gasteiger partial charge on any atom is -0.465 e. The number of carbonyl (C=O) groups excluding carboxylic acids is 2. The molecule has 8 heteroatoms. The SMILES string of the molecule is COC(=O)c1cccc(NC(=O)Cn2cnc3ccsc3c2=O)c1. The quantitative estimate of drug-likeness (QED) is 0.731. The number of esters is 1. The summed E-state index contributed by atoms with van der Waals surface area (Å²) in [6.45, 7) is -0.165. The molecule has 3 rings (SSSR count). The minimum absolute atomic E-state index is 0.165. The first-order valence-electron chi connectivity index (χ1n) is 6.99. The van der Waals surface area contributed by atoms with Gasteiger partial charge >= 0.3 is 5.97 Å². The highest BCUT2D eigenvalue weighted by atomic mass is 32.1. The summed E-state index contributed by atoms with van der Waals surface area (Å²) in [5, 5.41) is 4.43. The Labute approximate surface area is 140 Å². The number of rotatable bonds is 4. The number of nitrogens with zero attached hydrogens (tertiary/aromatic N) is 2. The van der Waals surface area contributed by atoms with Crippen LogP contribution in [0.3, 0.4) is 0 Å². The molecule has 0 aliphatic rings. The van der Waals surface area contributed by atoms with Crippen molar-refractivity contribution in [3.63, 3.8) is 0 Å². The zero-order chi connectivity index (χ0) is 17.1. The number of anilines is 1. The summed E-state index contributed by atoms with van der Waals surface area (Å²) in [6, 6.07) is 8.12. The van der Waals surface area contributed by atoms with Crippen LogP contribution < -0.4 is 10.9 Å². The summed E-state index contributed by atoms with van der Waals surface area (Å²) >= 11 is 1.29. The molecular formula is C16H13N3O4S. The lowest BCUT2D eigenvalue weighted by atomic mass is 10.2. The molecule has 0 atom stereocenters. The average molecular weight is 343 g/mol. The van der Waals surface area contributed by atoms with E-state index in [4.69, 9.17) is 0 Å². The molecule has 24 heavy (non-hydrogen) atoms. The molecule has 1 N–H and O–H groups in total. The van der Waals surface area contributed by atoms with E-state index in [1.807, 2.05) is 0 Å². The monoisotopic (exact) mass is 343 g/mol. The predicted molar refractivity (Wildman–Crippen MR) is 90.3 cm³/mol. The van der Waals surface area contributed by atoms with Crippen molar-refractivity contribution in [3.8, 4) is 0 Å². The molecule has 0 unspecified atom stereocenters. The molecule has 0 aliphatic heterocycles. The van der Waals surface area contributed by atoms with Gasteiger partial charge in [0.1, 0.15) is 11.2 Å². The van der Waals surface area contributed by atoms with Crippen molar-refractivity contribution < 1.29 is 14.3 Å². The third-order valence-electron chi connectivity index (χ3n) is 3.32. The number of aromatic nitrogens is 2. The van der Waals surface area contributed by atoms with Crippen LogP contribution in [0.4, 0.5) is 5.69 Å². The number of hydrogen-bond donors (Lipinski definition) is 1. The van der Waals surface area contributed by atoms with E-state index in [1.54, 1.807) is 29.6 Å². The number of thiophene rings is 1. The van der Waals surface area contributed by atoms with Crippen LogP contribution in [0.25, 0.3) is 10.2 Å². The lowest BCUT2D eigenvalue weighted by molar-refractivity contribution is -0.116. The molecule has 0 fully saturated rings. The Morgan fingerprint density at radius 3 is 2.96 bits per heavy atom. The number of methoxy groups -OCH3 is 1. The molecule has 3 aromatic rings. The second-order valence-electron chi connectivity index (χ2n) is 4.93. The Morgan fingerprint density at radius 2 is 2.17 bits per heavy atom.